The predicted octanol–water partition coefficient (Wildman–Crippen LogP) is 2.48. The van der Waals surface area contributed by atoms with Crippen LogP contribution in [0.15, 0.2) is 36.4 Å². The summed E-state index contributed by atoms with van der Waals surface area (Å²) >= 11 is 0. The molecule has 2 aromatic carbocycles. The molecule has 0 saturated heterocycles. The number of halogens is 2. The molecule has 0 heterocycles. The van der Waals surface area contributed by atoms with Gasteiger partial charge >= 0.3 is 0 Å². The molecule has 0 aliphatic carbocycles. The molecule has 19 heavy (non-hydrogen) atoms. The van der Waals surface area contributed by atoms with Crippen molar-refractivity contribution in [1.29, 1.82) is 0 Å². The van der Waals surface area contributed by atoms with Gasteiger partial charge < -0.3 is 15.6 Å². The zero-order valence-electron chi connectivity index (χ0n) is 10.4. The minimum Gasteiger partial charge on any atom is -0.496 e. The third-order valence-electron chi connectivity index (χ3n) is 3.14. The van der Waals surface area contributed by atoms with E-state index >= 15 is 0 Å². The van der Waals surface area contributed by atoms with Crippen molar-refractivity contribution >= 4 is 10.8 Å². The highest BCUT2D eigenvalue weighted by molar-refractivity contribution is 5.91. The highest BCUT2D eigenvalue weighted by Crippen LogP contribution is 2.36. The van der Waals surface area contributed by atoms with Crippen molar-refractivity contribution < 1.29 is 18.6 Å². The molecule has 0 saturated carbocycles. The topological polar surface area (TPSA) is 55.5 Å². The number of aliphatic hydroxyl groups excluding tert-OH is 1. The molecule has 0 aromatic heterocycles. The summed E-state index contributed by atoms with van der Waals surface area (Å²) in [6, 6.07) is 8.58. The van der Waals surface area contributed by atoms with E-state index in [9.17, 15) is 8.78 Å². The molecule has 5 heteroatoms. The van der Waals surface area contributed by atoms with Gasteiger partial charge in [0.15, 0.2) is 0 Å². The van der Waals surface area contributed by atoms with Gasteiger partial charge in [-0.15, -0.1) is 0 Å². The van der Waals surface area contributed by atoms with Crippen LogP contribution in [0.1, 0.15) is 11.6 Å². The summed E-state index contributed by atoms with van der Waals surface area (Å²) in [5.74, 6) is -2.77. The van der Waals surface area contributed by atoms with Crippen molar-refractivity contribution in [2.45, 2.75) is 12.0 Å². The van der Waals surface area contributed by atoms with E-state index in [0.29, 0.717) is 16.5 Å². The fourth-order valence-electron chi connectivity index (χ4n) is 2.07. The monoisotopic (exact) mass is 267 g/mol. The van der Waals surface area contributed by atoms with Gasteiger partial charge in [-0.25, -0.2) is 8.78 Å². The zero-order valence-corrected chi connectivity index (χ0v) is 10.4. The smallest absolute Gasteiger partial charge is 0.289 e. The Morgan fingerprint density at radius 1 is 1.21 bits per heavy atom. The van der Waals surface area contributed by atoms with Crippen LogP contribution in [0.4, 0.5) is 8.78 Å². The molecule has 102 valence electrons. The number of fused-ring (bicyclic) bond motifs is 1. The van der Waals surface area contributed by atoms with Gasteiger partial charge in [-0.1, -0.05) is 30.3 Å². The molecular weight excluding hydrogens is 252 g/mol. The second kappa shape index (κ2) is 5.11. The third kappa shape index (κ3) is 2.39. The summed E-state index contributed by atoms with van der Waals surface area (Å²) in [5, 5.41) is 10.1. The summed E-state index contributed by atoms with van der Waals surface area (Å²) in [5.41, 5.74) is 5.88. The molecule has 0 aliphatic heterocycles. The lowest BCUT2D eigenvalue weighted by Crippen LogP contribution is -2.36. The standard InChI is InChI=1S/C14H15F2NO2/c1-19-12-7-6-11(13(17)14(15,16)8-18)9-4-2-3-5-10(9)12/h2-7,13,18H,8,17H2,1H3/t13-/m1/s1. The molecule has 0 amide bonds. The van der Waals surface area contributed by atoms with E-state index in [1.807, 2.05) is 0 Å². The molecule has 0 aliphatic rings. The quantitative estimate of drug-likeness (QED) is 0.894. The second-order valence-corrected chi connectivity index (χ2v) is 4.30. The van der Waals surface area contributed by atoms with Crippen LogP contribution in [0.3, 0.4) is 0 Å². The number of ether oxygens (including phenoxy) is 1. The van der Waals surface area contributed by atoms with Crippen molar-refractivity contribution in [1.82, 2.24) is 0 Å². The summed E-state index contributed by atoms with van der Waals surface area (Å²) < 4.78 is 32.3. The van der Waals surface area contributed by atoms with Crippen molar-refractivity contribution in [2.75, 3.05) is 13.7 Å². The van der Waals surface area contributed by atoms with Gasteiger partial charge in [0.2, 0.25) is 0 Å². The van der Waals surface area contributed by atoms with Crippen molar-refractivity contribution in [3.63, 3.8) is 0 Å². The van der Waals surface area contributed by atoms with Gasteiger partial charge in [0, 0.05) is 5.39 Å². The first-order valence-electron chi connectivity index (χ1n) is 5.81. The Morgan fingerprint density at radius 2 is 1.84 bits per heavy atom. The zero-order chi connectivity index (χ0) is 14.0. The van der Waals surface area contributed by atoms with Gasteiger partial charge in [0.25, 0.3) is 5.92 Å². The molecule has 0 bridgehead atoms. The van der Waals surface area contributed by atoms with Crippen molar-refractivity contribution in [3.05, 3.63) is 42.0 Å². The van der Waals surface area contributed by atoms with Gasteiger partial charge in [-0.3, -0.25) is 0 Å². The molecule has 0 fully saturated rings. The Labute approximate surface area is 109 Å². The van der Waals surface area contributed by atoms with Crippen LogP contribution in [0.25, 0.3) is 10.8 Å². The van der Waals surface area contributed by atoms with Gasteiger partial charge in [-0.2, -0.15) is 0 Å². The average Bonchev–Trinajstić information content (AvgIpc) is 2.45. The Balaban J connectivity index is 2.63. The minimum absolute atomic E-state index is 0.287. The molecule has 0 spiro atoms. The van der Waals surface area contributed by atoms with Crippen molar-refractivity contribution in [3.8, 4) is 5.75 Å². The van der Waals surface area contributed by atoms with Gasteiger partial charge in [0.05, 0.1) is 13.2 Å². The lowest BCUT2D eigenvalue weighted by molar-refractivity contribution is -0.0708. The number of methoxy groups -OCH3 is 1. The Morgan fingerprint density at radius 3 is 2.42 bits per heavy atom. The third-order valence-corrected chi connectivity index (χ3v) is 3.14. The molecule has 2 aromatic rings. The van der Waals surface area contributed by atoms with E-state index in [1.165, 1.54) is 13.2 Å². The Bertz CT molecular complexity index is 587. The van der Waals surface area contributed by atoms with E-state index in [0.717, 1.165) is 0 Å². The highest BCUT2D eigenvalue weighted by atomic mass is 19.3. The highest BCUT2D eigenvalue weighted by Gasteiger charge is 2.38. The van der Waals surface area contributed by atoms with Crippen LogP contribution < -0.4 is 10.5 Å². The SMILES string of the molecule is COc1ccc([C@@H](N)C(F)(F)CO)c2ccccc12. The molecular formula is C14H15F2NO2. The maximum absolute atomic E-state index is 13.5. The summed E-state index contributed by atoms with van der Waals surface area (Å²) in [6.45, 7) is -1.28. The summed E-state index contributed by atoms with van der Waals surface area (Å²) in [7, 11) is 1.52. The number of aliphatic hydroxyl groups is 1. The number of rotatable bonds is 4. The predicted molar refractivity (Wildman–Crippen MR) is 69.5 cm³/mol. The molecule has 3 N–H and O–H groups in total. The fourth-order valence-corrected chi connectivity index (χ4v) is 2.07. The average molecular weight is 267 g/mol. The molecule has 0 unspecified atom stereocenters. The Kier molecular flexibility index (Phi) is 3.68. The number of benzene rings is 2. The largest absolute Gasteiger partial charge is 0.496 e. The number of hydrogen-bond acceptors (Lipinski definition) is 3. The Hall–Kier alpha value is -1.72. The van der Waals surface area contributed by atoms with Crippen LogP contribution in [0.2, 0.25) is 0 Å². The van der Waals surface area contributed by atoms with Crippen LogP contribution in [-0.4, -0.2) is 24.7 Å². The maximum atomic E-state index is 13.5. The van der Waals surface area contributed by atoms with Crippen LogP contribution in [0.5, 0.6) is 5.75 Å². The summed E-state index contributed by atoms with van der Waals surface area (Å²) in [4.78, 5) is 0. The first kappa shape index (κ1) is 13.7. The van der Waals surface area contributed by atoms with Crippen LogP contribution >= 0.6 is 0 Å². The number of hydrogen-bond donors (Lipinski definition) is 2. The molecule has 1 atom stereocenters. The van der Waals surface area contributed by atoms with E-state index < -0.39 is 18.6 Å². The van der Waals surface area contributed by atoms with Gasteiger partial charge in [0.1, 0.15) is 12.4 Å². The lowest BCUT2D eigenvalue weighted by Gasteiger charge is -2.23. The molecule has 3 nitrogen and oxygen atoms in total. The van der Waals surface area contributed by atoms with E-state index in [2.05, 4.69) is 0 Å². The number of nitrogens with two attached hydrogens (primary N) is 1. The minimum atomic E-state index is -3.36. The lowest BCUT2D eigenvalue weighted by atomic mass is 9.95. The molecule has 2 rings (SSSR count). The normalized spacial score (nSPS) is 13.5. The first-order chi connectivity index (χ1) is 9.01. The van der Waals surface area contributed by atoms with Crippen LogP contribution in [0, 0.1) is 0 Å². The van der Waals surface area contributed by atoms with Crippen LogP contribution in [-0.2, 0) is 0 Å². The fraction of sp³-hybridized carbons (Fsp3) is 0.286. The maximum Gasteiger partial charge on any atom is 0.289 e. The second-order valence-electron chi connectivity index (χ2n) is 4.30. The summed E-state index contributed by atoms with van der Waals surface area (Å²) in [6.07, 6.45) is 0. The van der Waals surface area contributed by atoms with Crippen molar-refractivity contribution in [2.24, 2.45) is 5.73 Å². The molecule has 0 radical (unpaired) electrons. The van der Waals surface area contributed by atoms with E-state index in [-0.39, 0.29) is 5.56 Å². The number of alkyl halides is 2. The van der Waals surface area contributed by atoms with Gasteiger partial charge in [-0.05, 0) is 17.0 Å². The first-order valence-corrected chi connectivity index (χ1v) is 5.81. The van der Waals surface area contributed by atoms with E-state index in [4.69, 9.17) is 15.6 Å². The van der Waals surface area contributed by atoms with E-state index in [1.54, 1.807) is 30.3 Å².